The van der Waals surface area contributed by atoms with Crippen LogP contribution in [0.4, 0.5) is 0 Å². The van der Waals surface area contributed by atoms with Gasteiger partial charge in [0.2, 0.25) is 15.8 Å². The first-order chi connectivity index (χ1) is 12.3. The normalized spacial score (nSPS) is 23.5. The fourth-order valence-corrected chi connectivity index (χ4v) is 5.19. The molecule has 2 aliphatic rings. The van der Waals surface area contributed by atoms with Crippen molar-refractivity contribution >= 4 is 15.9 Å². The SMILES string of the molecule is COCC1CC2(CCN(C(=O)c3cc(OC)no3)CC2)CN1S(C)(=O)=O. The van der Waals surface area contributed by atoms with Gasteiger partial charge in [0.25, 0.3) is 11.8 Å². The van der Waals surface area contributed by atoms with E-state index < -0.39 is 10.0 Å². The van der Waals surface area contributed by atoms with Crippen LogP contribution in [0.3, 0.4) is 0 Å². The maximum absolute atomic E-state index is 12.5. The summed E-state index contributed by atoms with van der Waals surface area (Å²) in [4.78, 5) is 14.3. The molecule has 146 valence electrons. The van der Waals surface area contributed by atoms with Gasteiger partial charge in [-0.1, -0.05) is 0 Å². The molecule has 1 spiro atoms. The second-order valence-corrected chi connectivity index (χ2v) is 9.08. The van der Waals surface area contributed by atoms with Gasteiger partial charge in [-0.3, -0.25) is 4.79 Å². The first-order valence-electron chi connectivity index (χ1n) is 8.54. The molecule has 2 aliphatic heterocycles. The standard InChI is InChI=1S/C16H25N3O6S/c1-23-10-12-9-16(11-19(12)26(3,21)22)4-6-18(7-5-16)15(20)13-8-14(24-2)17-25-13/h8,12H,4-7,9-11H2,1-3H3. The Labute approximate surface area is 153 Å². The van der Waals surface area contributed by atoms with Gasteiger partial charge in [-0.2, -0.15) is 4.31 Å². The highest BCUT2D eigenvalue weighted by Crippen LogP contribution is 2.44. The van der Waals surface area contributed by atoms with Crippen molar-refractivity contribution in [3.05, 3.63) is 11.8 Å². The Bertz CT molecular complexity index is 754. The molecule has 10 heteroatoms. The number of hydrogen-bond acceptors (Lipinski definition) is 7. The predicted octanol–water partition coefficient (Wildman–Crippen LogP) is 0.586. The molecule has 1 aromatic heterocycles. The minimum Gasteiger partial charge on any atom is -0.479 e. The summed E-state index contributed by atoms with van der Waals surface area (Å²) >= 11 is 0. The van der Waals surface area contributed by atoms with Gasteiger partial charge in [0.05, 0.1) is 26.0 Å². The van der Waals surface area contributed by atoms with Crippen LogP contribution in [0.1, 0.15) is 29.8 Å². The summed E-state index contributed by atoms with van der Waals surface area (Å²) in [5.74, 6) is 0.199. The number of amides is 1. The molecule has 1 atom stereocenters. The maximum Gasteiger partial charge on any atom is 0.292 e. The van der Waals surface area contributed by atoms with Crippen molar-refractivity contribution in [1.29, 1.82) is 0 Å². The van der Waals surface area contributed by atoms with E-state index in [4.69, 9.17) is 14.0 Å². The number of hydrogen-bond donors (Lipinski definition) is 0. The Balaban J connectivity index is 1.66. The molecule has 0 aromatic carbocycles. The fraction of sp³-hybridized carbons (Fsp3) is 0.750. The summed E-state index contributed by atoms with van der Waals surface area (Å²) in [5, 5.41) is 3.66. The highest BCUT2D eigenvalue weighted by molar-refractivity contribution is 7.88. The number of rotatable bonds is 5. The minimum atomic E-state index is -3.29. The molecular weight excluding hydrogens is 362 g/mol. The molecule has 26 heavy (non-hydrogen) atoms. The summed E-state index contributed by atoms with van der Waals surface area (Å²) in [6.45, 7) is 1.98. The van der Waals surface area contributed by atoms with Crippen LogP contribution in [-0.2, 0) is 14.8 Å². The third-order valence-electron chi connectivity index (χ3n) is 5.37. The van der Waals surface area contributed by atoms with Gasteiger partial charge in [0, 0.05) is 32.8 Å². The Hall–Kier alpha value is -1.65. The van der Waals surface area contributed by atoms with Crippen molar-refractivity contribution in [3.63, 3.8) is 0 Å². The second kappa shape index (κ2) is 7.16. The number of likely N-dealkylation sites (tertiary alicyclic amines) is 1. The number of carbonyl (C=O) groups is 1. The summed E-state index contributed by atoms with van der Waals surface area (Å²) in [6.07, 6.45) is 3.49. The lowest BCUT2D eigenvalue weighted by Gasteiger charge is -2.38. The van der Waals surface area contributed by atoms with Crippen LogP contribution in [0.25, 0.3) is 0 Å². The van der Waals surface area contributed by atoms with Crippen molar-refractivity contribution in [3.8, 4) is 5.88 Å². The average molecular weight is 387 g/mol. The number of piperidine rings is 1. The Morgan fingerprint density at radius 3 is 2.62 bits per heavy atom. The van der Waals surface area contributed by atoms with Gasteiger partial charge in [-0.05, 0) is 29.8 Å². The lowest BCUT2D eigenvalue weighted by atomic mass is 9.76. The number of sulfonamides is 1. The van der Waals surface area contributed by atoms with E-state index >= 15 is 0 Å². The fourth-order valence-electron chi connectivity index (χ4n) is 4.01. The van der Waals surface area contributed by atoms with Crippen LogP contribution in [0, 0.1) is 5.41 Å². The second-order valence-electron chi connectivity index (χ2n) is 7.15. The topological polar surface area (TPSA) is 102 Å². The van der Waals surface area contributed by atoms with Gasteiger partial charge in [-0.15, -0.1) is 0 Å². The predicted molar refractivity (Wildman–Crippen MR) is 92.5 cm³/mol. The van der Waals surface area contributed by atoms with Crippen LogP contribution in [0.15, 0.2) is 10.6 Å². The quantitative estimate of drug-likeness (QED) is 0.728. The van der Waals surface area contributed by atoms with E-state index in [2.05, 4.69) is 5.16 Å². The van der Waals surface area contributed by atoms with Crippen LogP contribution >= 0.6 is 0 Å². The minimum absolute atomic E-state index is 0.109. The molecule has 1 unspecified atom stereocenters. The van der Waals surface area contributed by atoms with E-state index in [1.807, 2.05) is 0 Å². The molecule has 2 saturated heterocycles. The van der Waals surface area contributed by atoms with Crippen molar-refractivity contribution in [1.82, 2.24) is 14.4 Å². The third kappa shape index (κ3) is 3.72. The lowest BCUT2D eigenvalue weighted by Crippen LogP contribution is -2.44. The number of ether oxygens (including phenoxy) is 2. The van der Waals surface area contributed by atoms with Gasteiger partial charge >= 0.3 is 0 Å². The van der Waals surface area contributed by atoms with Crippen molar-refractivity contribution in [2.75, 3.05) is 46.7 Å². The zero-order valence-corrected chi connectivity index (χ0v) is 16.1. The van der Waals surface area contributed by atoms with Gasteiger partial charge in [0.1, 0.15) is 0 Å². The third-order valence-corrected chi connectivity index (χ3v) is 6.65. The highest BCUT2D eigenvalue weighted by Gasteiger charge is 2.49. The monoisotopic (exact) mass is 387 g/mol. The van der Waals surface area contributed by atoms with E-state index in [0.717, 1.165) is 19.3 Å². The Morgan fingerprint density at radius 2 is 2.08 bits per heavy atom. The van der Waals surface area contributed by atoms with Gasteiger partial charge in [0.15, 0.2) is 0 Å². The largest absolute Gasteiger partial charge is 0.479 e. The first-order valence-corrected chi connectivity index (χ1v) is 10.4. The molecule has 0 N–H and O–H groups in total. The zero-order chi connectivity index (χ0) is 18.9. The molecule has 0 radical (unpaired) electrons. The van der Waals surface area contributed by atoms with E-state index in [9.17, 15) is 13.2 Å². The summed E-state index contributed by atoms with van der Waals surface area (Å²) in [5.41, 5.74) is -0.109. The Morgan fingerprint density at radius 1 is 1.38 bits per heavy atom. The van der Waals surface area contributed by atoms with E-state index in [1.165, 1.54) is 19.4 Å². The van der Waals surface area contributed by atoms with E-state index in [1.54, 1.807) is 16.3 Å². The number of aromatic nitrogens is 1. The molecular formula is C16H25N3O6S. The van der Waals surface area contributed by atoms with Crippen molar-refractivity contribution < 1.29 is 27.2 Å². The zero-order valence-electron chi connectivity index (χ0n) is 15.3. The van der Waals surface area contributed by atoms with Crippen LogP contribution < -0.4 is 4.74 Å². The molecule has 1 aromatic rings. The summed E-state index contributed by atoms with van der Waals surface area (Å²) in [6, 6.07) is 1.33. The number of nitrogens with zero attached hydrogens (tertiary/aromatic N) is 3. The van der Waals surface area contributed by atoms with Gasteiger partial charge in [-0.25, -0.2) is 8.42 Å². The lowest BCUT2D eigenvalue weighted by molar-refractivity contribution is 0.0556. The first kappa shape index (κ1) is 19.1. The number of carbonyl (C=O) groups excluding carboxylic acids is 1. The van der Waals surface area contributed by atoms with Crippen LogP contribution in [-0.4, -0.2) is 81.4 Å². The molecule has 2 fully saturated rings. The van der Waals surface area contributed by atoms with Gasteiger partial charge < -0.3 is 18.9 Å². The molecule has 0 bridgehead atoms. The molecule has 1 amide bonds. The van der Waals surface area contributed by atoms with E-state index in [0.29, 0.717) is 26.2 Å². The van der Waals surface area contributed by atoms with Crippen LogP contribution in [0.5, 0.6) is 5.88 Å². The number of methoxy groups -OCH3 is 2. The summed E-state index contributed by atoms with van der Waals surface area (Å²) < 4.78 is 40.9. The maximum atomic E-state index is 12.5. The van der Waals surface area contributed by atoms with Crippen molar-refractivity contribution in [2.24, 2.45) is 5.41 Å². The molecule has 3 rings (SSSR count). The van der Waals surface area contributed by atoms with Crippen LogP contribution in [0.2, 0.25) is 0 Å². The molecule has 3 heterocycles. The molecule has 0 saturated carbocycles. The van der Waals surface area contributed by atoms with Crippen molar-refractivity contribution in [2.45, 2.75) is 25.3 Å². The average Bonchev–Trinajstić information content (AvgIpc) is 3.20. The highest BCUT2D eigenvalue weighted by atomic mass is 32.2. The molecule has 9 nitrogen and oxygen atoms in total. The smallest absolute Gasteiger partial charge is 0.292 e. The summed E-state index contributed by atoms with van der Waals surface area (Å²) in [7, 11) is -0.246. The van der Waals surface area contributed by atoms with E-state index in [-0.39, 0.29) is 29.0 Å². The molecule has 0 aliphatic carbocycles. The Kier molecular flexibility index (Phi) is 5.27.